The normalized spacial score (nSPS) is 12.9. The van der Waals surface area contributed by atoms with E-state index in [4.69, 9.17) is 5.21 Å². The summed E-state index contributed by atoms with van der Waals surface area (Å²) in [5.41, 5.74) is 5.12. The van der Waals surface area contributed by atoms with Gasteiger partial charge in [0, 0.05) is 0 Å². The summed E-state index contributed by atoms with van der Waals surface area (Å²) in [7, 11) is 0. The molecule has 1 atom stereocenters. The van der Waals surface area contributed by atoms with Gasteiger partial charge in [0.05, 0.1) is 12.6 Å². The van der Waals surface area contributed by atoms with Crippen molar-refractivity contribution in [3.63, 3.8) is 0 Å². The lowest BCUT2D eigenvalue weighted by atomic mass is 10.0. The first kappa shape index (κ1) is 10.2. The Labute approximate surface area is 78.0 Å². The van der Waals surface area contributed by atoms with E-state index in [0.717, 1.165) is 11.1 Å². The Hall–Kier alpha value is -0.900. The molecule has 0 aliphatic heterocycles. The van der Waals surface area contributed by atoms with Crippen LogP contribution < -0.4 is 5.48 Å². The van der Waals surface area contributed by atoms with Crippen molar-refractivity contribution in [3.05, 3.63) is 34.9 Å². The van der Waals surface area contributed by atoms with Crippen molar-refractivity contribution in [1.82, 2.24) is 5.48 Å². The molecule has 1 unspecified atom stereocenters. The minimum absolute atomic E-state index is 0.155. The maximum atomic E-state index is 9.51. The fraction of sp³-hybridized carbons (Fsp3) is 0.400. The fourth-order valence-corrected chi connectivity index (χ4v) is 1.18. The van der Waals surface area contributed by atoms with Crippen molar-refractivity contribution in [3.8, 4) is 0 Å². The number of nitrogens with one attached hydrogen (secondary N) is 1. The fourth-order valence-electron chi connectivity index (χ4n) is 1.18. The number of benzene rings is 1. The summed E-state index contributed by atoms with van der Waals surface area (Å²) in [5, 5.41) is 17.9. The molecule has 72 valence electrons. The van der Waals surface area contributed by atoms with Crippen LogP contribution in [-0.2, 0) is 0 Å². The molecule has 3 heteroatoms. The first-order valence-corrected chi connectivity index (χ1v) is 4.27. The molecular weight excluding hydrogens is 166 g/mol. The third-order valence-corrected chi connectivity index (χ3v) is 2.20. The molecule has 1 aromatic carbocycles. The van der Waals surface area contributed by atoms with Crippen molar-refractivity contribution in [2.45, 2.75) is 20.0 Å². The smallest absolute Gasteiger partial charge is 0.0937 e. The van der Waals surface area contributed by atoms with E-state index in [1.54, 1.807) is 0 Å². The summed E-state index contributed by atoms with van der Waals surface area (Å²) >= 11 is 0. The van der Waals surface area contributed by atoms with Crippen molar-refractivity contribution in [2.24, 2.45) is 0 Å². The summed E-state index contributed by atoms with van der Waals surface area (Å²) in [6, 6.07) is 5.76. The maximum Gasteiger partial charge on any atom is 0.0937 e. The summed E-state index contributed by atoms with van der Waals surface area (Å²) in [5.74, 6) is 0. The summed E-state index contributed by atoms with van der Waals surface area (Å²) in [6.45, 7) is 4.18. The zero-order valence-electron chi connectivity index (χ0n) is 7.91. The molecule has 13 heavy (non-hydrogen) atoms. The Morgan fingerprint density at radius 1 is 1.31 bits per heavy atom. The Kier molecular flexibility index (Phi) is 3.42. The molecule has 0 bridgehead atoms. The molecule has 1 rings (SSSR count). The number of aliphatic hydroxyl groups excluding tert-OH is 1. The van der Waals surface area contributed by atoms with Crippen molar-refractivity contribution < 1.29 is 10.3 Å². The predicted molar refractivity (Wildman–Crippen MR) is 50.7 cm³/mol. The van der Waals surface area contributed by atoms with Gasteiger partial charge in [0.1, 0.15) is 0 Å². The zero-order chi connectivity index (χ0) is 9.84. The van der Waals surface area contributed by atoms with Crippen LogP contribution in [0.4, 0.5) is 0 Å². The van der Waals surface area contributed by atoms with Gasteiger partial charge in [0.25, 0.3) is 0 Å². The van der Waals surface area contributed by atoms with Gasteiger partial charge in [-0.25, -0.2) is 5.48 Å². The van der Waals surface area contributed by atoms with Crippen LogP contribution in [0.15, 0.2) is 18.2 Å². The third-order valence-electron chi connectivity index (χ3n) is 2.20. The van der Waals surface area contributed by atoms with Crippen molar-refractivity contribution in [2.75, 3.05) is 6.54 Å². The van der Waals surface area contributed by atoms with Crippen LogP contribution in [0.2, 0.25) is 0 Å². The Balaban J connectivity index is 2.84. The van der Waals surface area contributed by atoms with Crippen LogP contribution in [0, 0.1) is 13.8 Å². The monoisotopic (exact) mass is 181 g/mol. The topological polar surface area (TPSA) is 52.5 Å². The Morgan fingerprint density at radius 3 is 2.54 bits per heavy atom. The van der Waals surface area contributed by atoms with E-state index < -0.39 is 6.10 Å². The highest BCUT2D eigenvalue weighted by Gasteiger charge is 2.06. The van der Waals surface area contributed by atoms with E-state index >= 15 is 0 Å². The molecule has 1 aromatic rings. The van der Waals surface area contributed by atoms with Gasteiger partial charge < -0.3 is 10.3 Å². The van der Waals surface area contributed by atoms with Gasteiger partial charge in [-0.15, -0.1) is 0 Å². The Bertz CT molecular complexity index is 286. The molecule has 3 N–H and O–H groups in total. The summed E-state index contributed by atoms with van der Waals surface area (Å²) < 4.78 is 0. The maximum absolute atomic E-state index is 9.51. The zero-order valence-corrected chi connectivity index (χ0v) is 7.91. The average Bonchev–Trinajstić information content (AvgIpc) is 2.10. The number of hydrogen-bond donors (Lipinski definition) is 3. The molecule has 3 nitrogen and oxygen atoms in total. The number of aliphatic hydroxyl groups is 1. The largest absolute Gasteiger partial charge is 0.387 e. The molecule has 0 radical (unpaired) electrons. The predicted octanol–water partition coefficient (Wildman–Crippen LogP) is 1.32. The van der Waals surface area contributed by atoms with Gasteiger partial charge in [0.2, 0.25) is 0 Å². The van der Waals surface area contributed by atoms with E-state index in [1.807, 2.05) is 37.5 Å². The molecule has 0 fully saturated rings. The lowest BCUT2D eigenvalue weighted by molar-refractivity contribution is 0.0921. The molecule has 0 saturated carbocycles. The molecule has 0 saturated heterocycles. The molecule has 0 aromatic heterocycles. The minimum atomic E-state index is -0.649. The number of rotatable bonds is 3. The van der Waals surface area contributed by atoms with Crippen molar-refractivity contribution >= 4 is 0 Å². The van der Waals surface area contributed by atoms with Crippen LogP contribution in [-0.4, -0.2) is 16.9 Å². The van der Waals surface area contributed by atoms with Crippen LogP contribution in [0.3, 0.4) is 0 Å². The van der Waals surface area contributed by atoms with Gasteiger partial charge in [-0.1, -0.05) is 18.2 Å². The number of hydrogen-bond acceptors (Lipinski definition) is 3. The van der Waals surface area contributed by atoms with Crippen molar-refractivity contribution in [1.29, 1.82) is 0 Å². The number of aryl methyl sites for hydroxylation is 2. The SMILES string of the molecule is Cc1ccc(C(O)CNO)cc1C. The summed E-state index contributed by atoms with van der Waals surface area (Å²) in [4.78, 5) is 0. The highest BCUT2D eigenvalue weighted by Crippen LogP contribution is 2.16. The molecule has 0 aliphatic rings. The van der Waals surface area contributed by atoms with Gasteiger partial charge in [-0.3, -0.25) is 0 Å². The number of hydroxylamine groups is 1. The molecule has 0 heterocycles. The second-order valence-electron chi connectivity index (χ2n) is 3.22. The molecular formula is C10H15NO2. The first-order valence-electron chi connectivity index (χ1n) is 4.27. The van der Waals surface area contributed by atoms with Gasteiger partial charge in [0.15, 0.2) is 0 Å². The molecule has 0 amide bonds. The van der Waals surface area contributed by atoms with Gasteiger partial charge in [-0.05, 0) is 30.5 Å². The summed E-state index contributed by atoms with van der Waals surface area (Å²) in [6.07, 6.45) is -0.649. The Morgan fingerprint density at radius 2 is 2.00 bits per heavy atom. The van der Waals surface area contributed by atoms with E-state index in [0.29, 0.717) is 0 Å². The van der Waals surface area contributed by atoms with E-state index in [1.165, 1.54) is 5.56 Å². The third kappa shape index (κ3) is 2.52. The molecule has 0 aliphatic carbocycles. The van der Waals surface area contributed by atoms with Crippen LogP contribution in [0.5, 0.6) is 0 Å². The highest BCUT2D eigenvalue weighted by molar-refractivity contribution is 5.31. The highest BCUT2D eigenvalue weighted by atomic mass is 16.5. The van der Waals surface area contributed by atoms with Crippen LogP contribution in [0.1, 0.15) is 22.8 Å². The second-order valence-corrected chi connectivity index (χ2v) is 3.22. The standard InChI is InChI=1S/C10H15NO2/c1-7-3-4-9(5-8(7)2)10(12)6-11-13/h3-5,10-13H,6H2,1-2H3. The average molecular weight is 181 g/mol. The van der Waals surface area contributed by atoms with E-state index in [2.05, 4.69) is 0 Å². The lowest BCUT2D eigenvalue weighted by Gasteiger charge is -2.11. The quantitative estimate of drug-likeness (QED) is 0.616. The minimum Gasteiger partial charge on any atom is -0.387 e. The van der Waals surface area contributed by atoms with Gasteiger partial charge in [-0.2, -0.15) is 0 Å². The molecule has 0 spiro atoms. The first-order chi connectivity index (χ1) is 6.15. The van der Waals surface area contributed by atoms with Gasteiger partial charge >= 0.3 is 0 Å². The lowest BCUT2D eigenvalue weighted by Crippen LogP contribution is -2.17. The van der Waals surface area contributed by atoms with E-state index in [-0.39, 0.29) is 6.54 Å². The second kappa shape index (κ2) is 4.37. The van der Waals surface area contributed by atoms with Crippen LogP contribution in [0.25, 0.3) is 0 Å². The van der Waals surface area contributed by atoms with E-state index in [9.17, 15) is 5.11 Å². The van der Waals surface area contributed by atoms with Crippen LogP contribution >= 0.6 is 0 Å².